The third kappa shape index (κ3) is 5.04. The molecule has 1 heterocycles. The van der Waals surface area contributed by atoms with Crippen molar-refractivity contribution >= 4 is 35.1 Å². The summed E-state index contributed by atoms with van der Waals surface area (Å²) in [5.74, 6) is -1.41. The number of carbonyl (C=O) groups excluding carboxylic acids is 1. The van der Waals surface area contributed by atoms with Crippen LogP contribution in [0.5, 0.6) is 0 Å². The molecule has 0 saturated heterocycles. The molecule has 0 aliphatic carbocycles. The summed E-state index contributed by atoms with van der Waals surface area (Å²) in [6.07, 6.45) is 2.50. The number of aromatic nitrogens is 1. The van der Waals surface area contributed by atoms with Crippen LogP contribution in [0.15, 0.2) is 12.3 Å². The van der Waals surface area contributed by atoms with Crippen molar-refractivity contribution in [2.45, 2.75) is 32.2 Å². The average molecular weight is 305 g/mol. The SMILES string of the molecule is CCCC(CC(=O)O)NC(=O)c1cc(Cl)ncc1Cl. The molecule has 1 amide bonds. The number of hydrogen-bond donors (Lipinski definition) is 2. The van der Waals surface area contributed by atoms with E-state index in [1.807, 2.05) is 6.92 Å². The Hall–Kier alpha value is -1.33. The lowest BCUT2D eigenvalue weighted by atomic mass is 10.1. The summed E-state index contributed by atoms with van der Waals surface area (Å²) in [5, 5.41) is 11.8. The number of halogens is 2. The van der Waals surface area contributed by atoms with Gasteiger partial charge in [-0.3, -0.25) is 9.59 Å². The topological polar surface area (TPSA) is 79.3 Å². The first-order chi connectivity index (χ1) is 8.93. The molecular weight excluding hydrogens is 291 g/mol. The summed E-state index contributed by atoms with van der Waals surface area (Å²) in [7, 11) is 0. The van der Waals surface area contributed by atoms with Gasteiger partial charge in [-0.1, -0.05) is 36.5 Å². The Morgan fingerprint density at radius 3 is 2.74 bits per heavy atom. The van der Waals surface area contributed by atoms with E-state index < -0.39 is 17.9 Å². The monoisotopic (exact) mass is 304 g/mol. The van der Waals surface area contributed by atoms with E-state index in [0.29, 0.717) is 6.42 Å². The van der Waals surface area contributed by atoms with Gasteiger partial charge in [0.2, 0.25) is 0 Å². The van der Waals surface area contributed by atoms with Crippen molar-refractivity contribution in [2.24, 2.45) is 0 Å². The summed E-state index contributed by atoms with van der Waals surface area (Å²) in [5.41, 5.74) is 0.188. The van der Waals surface area contributed by atoms with Gasteiger partial charge in [-0.15, -0.1) is 0 Å². The lowest BCUT2D eigenvalue weighted by molar-refractivity contribution is -0.137. The number of rotatable bonds is 6. The molecule has 0 fully saturated rings. The number of pyridine rings is 1. The maximum Gasteiger partial charge on any atom is 0.305 e. The Morgan fingerprint density at radius 1 is 1.47 bits per heavy atom. The van der Waals surface area contributed by atoms with Crippen molar-refractivity contribution in [2.75, 3.05) is 0 Å². The molecule has 1 atom stereocenters. The predicted octanol–water partition coefficient (Wildman–Crippen LogP) is 2.76. The molecule has 19 heavy (non-hydrogen) atoms. The molecule has 0 bridgehead atoms. The second-order valence-electron chi connectivity index (χ2n) is 4.04. The number of nitrogens with one attached hydrogen (secondary N) is 1. The Bertz CT molecular complexity index is 480. The van der Waals surface area contributed by atoms with E-state index in [0.717, 1.165) is 6.42 Å². The van der Waals surface area contributed by atoms with E-state index in [4.69, 9.17) is 28.3 Å². The van der Waals surface area contributed by atoms with Crippen molar-refractivity contribution < 1.29 is 14.7 Å². The number of carboxylic acid groups (broad SMARTS) is 1. The highest BCUT2D eigenvalue weighted by molar-refractivity contribution is 6.35. The lowest BCUT2D eigenvalue weighted by Crippen LogP contribution is -2.36. The summed E-state index contributed by atoms with van der Waals surface area (Å²) in [4.78, 5) is 26.5. The zero-order valence-electron chi connectivity index (χ0n) is 10.3. The number of carboxylic acids is 1. The molecule has 0 saturated carbocycles. The van der Waals surface area contributed by atoms with Crippen LogP contribution in [-0.4, -0.2) is 28.0 Å². The van der Waals surface area contributed by atoms with Gasteiger partial charge in [0, 0.05) is 12.2 Å². The minimum Gasteiger partial charge on any atom is -0.481 e. The van der Waals surface area contributed by atoms with Gasteiger partial charge < -0.3 is 10.4 Å². The third-order valence-corrected chi connectivity index (χ3v) is 2.97. The van der Waals surface area contributed by atoms with Gasteiger partial charge in [-0.05, 0) is 12.5 Å². The maximum atomic E-state index is 12.0. The van der Waals surface area contributed by atoms with Gasteiger partial charge in [0.25, 0.3) is 5.91 Å². The third-order valence-electron chi connectivity index (χ3n) is 2.46. The van der Waals surface area contributed by atoms with Crippen LogP contribution in [-0.2, 0) is 4.79 Å². The fourth-order valence-corrected chi connectivity index (χ4v) is 1.98. The van der Waals surface area contributed by atoms with Crippen molar-refractivity contribution in [1.82, 2.24) is 10.3 Å². The highest BCUT2D eigenvalue weighted by Crippen LogP contribution is 2.18. The molecule has 0 aliphatic rings. The Labute approximate surface area is 120 Å². The van der Waals surface area contributed by atoms with Crippen LogP contribution in [0.1, 0.15) is 36.5 Å². The number of amides is 1. The highest BCUT2D eigenvalue weighted by atomic mass is 35.5. The smallest absolute Gasteiger partial charge is 0.305 e. The molecule has 1 unspecified atom stereocenters. The molecular formula is C12H14Cl2N2O3. The molecule has 5 nitrogen and oxygen atoms in total. The van der Waals surface area contributed by atoms with Crippen LogP contribution in [0.3, 0.4) is 0 Å². The normalized spacial score (nSPS) is 11.9. The van der Waals surface area contributed by atoms with E-state index >= 15 is 0 Å². The van der Waals surface area contributed by atoms with Gasteiger partial charge in [0.15, 0.2) is 0 Å². The quantitative estimate of drug-likeness (QED) is 0.792. The Balaban J connectivity index is 2.81. The molecule has 7 heteroatoms. The van der Waals surface area contributed by atoms with Crippen LogP contribution in [0.2, 0.25) is 10.2 Å². The number of nitrogens with zero attached hydrogens (tertiary/aromatic N) is 1. The predicted molar refractivity (Wildman–Crippen MR) is 72.7 cm³/mol. The van der Waals surface area contributed by atoms with Crippen molar-refractivity contribution in [1.29, 1.82) is 0 Å². The molecule has 2 N–H and O–H groups in total. The lowest BCUT2D eigenvalue weighted by Gasteiger charge is -2.16. The fraction of sp³-hybridized carbons (Fsp3) is 0.417. The summed E-state index contributed by atoms with van der Waals surface area (Å²) < 4.78 is 0. The van der Waals surface area contributed by atoms with E-state index in [-0.39, 0.29) is 22.2 Å². The van der Waals surface area contributed by atoms with Crippen LogP contribution < -0.4 is 5.32 Å². The molecule has 104 valence electrons. The molecule has 0 aliphatic heterocycles. The van der Waals surface area contributed by atoms with Crippen molar-refractivity contribution in [3.8, 4) is 0 Å². The summed E-state index contributed by atoms with van der Waals surface area (Å²) in [6, 6.07) is 0.918. The van der Waals surface area contributed by atoms with Gasteiger partial charge in [0.05, 0.1) is 17.0 Å². The fourth-order valence-electron chi connectivity index (χ4n) is 1.63. The van der Waals surface area contributed by atoms with Crippen LogP contribution in [0, 0.1) is 0 Å². The van der Waals surface area contributed by atoms with Crippen LogP contribution in [0.4, 0.5) is 0 Å². The molecule has 0 aromatic carbocycles. The van der Waals surface area contributed by atoms with Gasteiger partial charge in [-0.25, -0.2) is 4.98 Å². The number of carbonyl (C=O) groups is 2. The van der Waals surface area contributed by atoms with E-state index in [9.17, 15) is 9.59 Å². The highest BCUT2D eigenvalue weighted by Gasteiger charge is 2.18. The second kappa shape index (κ2) is 7.31. The second-order valence-corrected chi connectivity index (χ2v) is 4.84. The van der Waals surface area contributed by atoms with Gasteiger partial charge in [0.1, 0.15) is 5.15 Å². The average Bonchev–Trinajstić information content (AvgIpc) is 2.31. The van der Waals surface area contributed by atoms with Gasteiger partial charge in [-0.2, -0.15) is 0 Å². The van der Waals surface area contributed by atoms with E-state index in [2.05, 4.69) is 10.3 Å². The summed E-state index contributed by atoms with van der Waals surface area (Å²) >= 11 is 11.6. The molecule has 0 radical (unpaired) electrons. The largest absolute Gasteiger partial charge is 0.481 e. The first-order valence-corrected chi connectivity index (χ1v) is 6.53. The molecule has 1 rings (SSSR count). The first-order valence-electron chi connectivity index (χ1n) is 5.77. The minimum absolute atomic E-state index is 0.129. The summed E-state index contributed by atoms with van der Waals surface area (Å²) in [6.45, 7) is 1.91. The van der Waals surface area contributed by atoms with Crippen molar-refractivity contribution in [3.63, 3.8) is 0 Å². The number of hydrogen-bond acceptors (Lipinski definition) is 3. The molecule has 0 spiro atoms. The minimum atomic E-state index is -0.961. The molecule has 1 aromatic heterocycles. The molecule has 1 aromatic rings. The maximum absolute atomic E-state index is 12.0. The Kier molecular flexibility index (Phi) is 6.05. The zero-order chi connectivity index (χ0) is 14.4. The van der Waals surface area contributed by atoms with E-state index in [1.54, 1.807) is 0 Å². The van der Waals surface area contributed by atoms with Crippen LogP contribution in [0.25, 0.3) is 0 Å². The van der Waals surface area contributed by atoms with Crippen LogP contribution >= 0.6 is 23.2 Å². The Morgan fingerprint density at radius 2 is 2.16 bits per heavy atom. The first kappa shape index (κ1) is 15.7. The van der Waals surface area contributed by atoms with Gasteiger partial charge >= 0.3 is 5.97 Å². The van der Waals surface area contributed by atoms with Crippen molar-refractivity contribution in [3.05, 3.63) is 28.0 Å². The number of aliphatic carboxylic acids is 1. The zero-order valence-corrected chi connectivity index (χ0v) is 11.8. The van der Waals surface area contributed by atoms with E-state index in [1.165, 1.54) is 12.3 Å². The standard InChI is InChI=1S/C12H14Cl2N2O3/c1-2-3-7(4-11(17)18)16-12(19)8-5-10(14)15-6-9(8)13/h5-7H,2-4H2,1H3,(H,16,19)(H,17,18).